The topological polar surface area (TPSA) is 55.6 Å². The van der Waals surface area contributed by atoms with Crippen LogP contribution in [-0.2, 0) is 9.53 Å². The molecule has 1 saturated heterocycles. The molecule has 104 valence electrons. The average molecular weight is 254 g/mol. The van der Waals surface area contributed by atoms with Crippen molar-refractivity contribution < 1.29 is 9.53 Å². The summed E-state index contributed by atoms with van der Waals surface area (Å²) in [5.41, 5.74) is 5.97. The van der Waals surface area contributed by atoms with Crippen LogP contribution in [0.25, 0.3) is 0 Å². The van der Waals surface area contributed by atoms with Crippen LogP contribution in [0.4, 0.5) is 0 Å². The van der Waals surface area contributed by atoms with E-state index in [1.54, 1.807) is 0 Å². The largest absolute Gasteiger partial charge is 0.372 e. The Balaban J connectivity index is 1.98. The number of carbonyl (C=O) groups is 1. The highest BCUT2D eigenvalue weighted by molar-refractivity contribution is 5.79. The fraction of sp³-hybridized carbons (Fsp3) is 0.929. The number of nitrogens with two attached hydrogens (primary N) is 1. The van der Waals surface area contributed by atoms with E-state index in [-0.39, 0.29) is 24.2 Å². The highest BCUT2D eigenvalue weighted by Gasteiger charge is 2.36. The van der Waals surface area contributed by atoms with E-state index in [2.05, 4.69) is 6.92 Å². The number of hydrogen-bond acceptors (Lipinski definition) is 3. The lowest BCUT2D eigenvalue weighted by Crippen LogP contribution is -2.51. The van der Waals surface area contributed by atoms with Crippen LogP contribution in [-0.4, -0.2) is 42.1 Å². The number of hydrogen-bond donors (Lipinski definition) is 1. The molecule has 0 aromatic rings. The molecule has 0 aromatic heterocycles. The Hall–Kier alpha value is -0.610. The Morgan fingerprint density at radius 1 is 1.17 bits per heavy atom. The van der Waals surface area contributed by atoms with Crippen LogP contribution >= 0.6 is 0 Å². The third-order valence-corrected chi connectivity index (χ3v) is 4.26. The molecule has 0 aromatic carbocycles. The lowest BCUT2D eigenvalue weighted by molar-refractivity contribution is -0.150. The van der Waals surface area contributed by atoms with Gasteiger partial charge in [-0.25, -0.2) is 0 Å². The number of ether oxygens (including phenoxy) is 1. The van der Waals surface area contributed by atoms with Gasteiger partial charge in [0.25, 0.3) is 0 Å². The first kappa shape index (κ1) is 13.8. The summed E-state index contributed by atoms with van der Waals surface area (Å²) in [6.07, 6.45) is 3.21. The molecule has 0 bridgehead atoms. The molecule has 3 unspecified atom stereocenters. The maximum atomic E-state index is 12.6. The van der Waals surface area contributed by atoms with Gasteiger partial charge in [-0.2, -0.15) is 0 Å². The molecule has 0 spiro atoms. The fourth-order valence-electron chi connectivity index (χ4n) is 3.40. The van der Waals surface area contributed by atoms with Gasteiger partial charge in [0, 0.05) is 25.0 Å². The molecule has 1 saturated carbocycles. The van der Waals surface area contributed by atoms with Gasteiger partial charge in [-0.15, -0.1) is 0 Å². The second kappa shape index (κ2) is 5.57. The van der Waals surface area contributed by atoms with Crippen molar-refractivity contribution >= 4 is 5.91 Å². The Morgan fingerprint density at radius 2 is 1.78 bits per heavy atom. The Kier molecular flexibility index (Phi) is 4.28. The Bertz CT molecular complexity index is 298. The molecule has 2 N–H and O–H groups in total. The quantitative estimate of drug-likeness (QED) is 0.769. The molecule has 0 radical (unpaired) electrons. The number of nitrogens with zero attached hydrogens (tertiary/aromatic N) is 1. The minimum atomic E-state index is 0.152. The lowest BCUT2D eigenvalue weighted by Gasteiger charge is -2.40. The van der Waals surface area contributed by atoms with Crippen molar-refractivity contribution in [3.8, 4) is 0 Å². The van der Waals surface area contributed by atoms with E-state index in [1.165, 1.54) is 0 Å². The van der Waals surface area contributed by atoms with Crippen molar-refractivity contribution in [2.75, 3.05) is 13.1 Å². The molecule has 2 aliphatic rings. The Labute approximate surface area is 110 Å². The summed E-state index contributed by atoms with van der Waals surface area (Å²) < 4.78 is 5.68. The summed E-state index contributed by atoms with van der Waals surface area (Å²) in [4.78, 5) is 14.6. The van der Waals surface area contributed by atoms with Gasteiger partial charge >= 0.3 is 0 Å². The average Bonchev–Trinajstić information content (AvgIpc) is 2.26. The predicted octanol–water partition coefficient (Wildman–Crippen LogP) is 1.39. The predicted molar refractivity (Wildman–Crippen MR) is 71.1 cm³/mol. The van der Waals surface area contributed by atoms with E-state index in [4.69, 9.17) is 10.5 Å². The van der Waals surface area contributed by atoms with Gasteiger partial charge in [-0.05, 0) is 39.0 Å². The van der Waals surface area contributed by atoms with Crippen molar-refractivity contribution in [2.45, 2.75) is 58.3 Å². The molecule has 1 aliphatic carbocycles. The van der Waals surface area contributed by atoms with Crippen molar-refractivity contribution in [1.82, 2.24) is 4.90 Å². The first-order chi connectivity index (χ1) is 8.47. The van der Waals surface area contributed by atoms with Crippen LogP contribution < -0.4 is 5.73 Å². The van der Waals surface area contributed by atoms with Crippen LogP contribution in [0.1, 0.15) is 40.0 Å². The van der Waals surface area contributed by atoms with Crippen molar-refractivity contribution in [2.24, 2.45) is 17.6 Å². The second-order valence-electron chi connectivity index (χ2n) is 6.16. The van der Waals surface area contributed by atoms with Gasteiger partial charge in [-0.1, -0.05) is 6.92 Å². The zero-order valence-corrected chi connectivity index (χ0v) is 11.8. The van der Waals surface area contributed by atoms with Crippen LogP contribution in [0.2, 0.25) is 0 Å². The highest BCUT2D eigenvalue weighted by atomic mass is 16.5. The number of rotatable bonds is 1. The molecule has 1 heterocycles. The van der Waals surface area contributed by atoms with Gasteiger partial charge in [0.05, 0.1) is 12.2 Å². The minimum Gasteiger partial charge on any atom is -0.372 e. The molecular weight excluding hydrogens is 228 g/mol. The third kappa shape index (κ3) is 3.04. The summed E-state index contributed by atoms with van der Waals surface area (Å²) in [5.74, 6) is 0.897. The normalized spacial score (nSPS) is 41.8. The van der Waals surface area contributed by atoms with Gasteiger partial charge in [0.1, 0.15) is 0 Å². The first-order valence-corrected chi connectivity index (χ1v) is 7.17. The van der Waals surface area contributed by atoms with Crippen LogP contribution in [0.15, 0.2) is 0 Å². The molecule has 1 amide bonds. The zero-order valence-electron chi connectivity index (χ0n) is 11.8. The van der Waals surface area contributed by atoms with Crippen LogP contribution in [0.5, 0.6) is 0 Å². The molecule has 18 heavy (non-hydrogen) atoms. The lowest BCUT2D eigenvalue weighted by atomic mass is 9.77. The zero-order chi connectivity index (χ0) is 13.3. The maximum Gasteiger partial charge on any atom is 0.226 e. The Morgan fingerprint density at radius 3 is 2.33 bits per heavy atom. The SMILES string of the molecule is CC1CC(N)CCC1C(=O)N1C[C@@H](C)O[C@@H](C)C1. The van der Waals surface area contributed by atoms with Crippen LogP contribution in [0, 0.1) is 11.8 Å². The number of carbonyl (C=O) groups excluding carboxylic acids is 1. The van der Waals surface area contributed by atoms with Crippen molar-refractivity contribution in [3.05, 3.63) is 0 Å². The van der Waals surface area contributed by atoms with E-state index in [9.17, 15) is 4.79 Å². The van der Waals surface area contributed by atoms with E-state index in [0.29, 0.717) is 11.8 Å². The monoisotopic (exact) mass is 254 g/mol. The minimum absolute atomic E-state index is 0.152. The molecule has 4 heteroatoms. The number of amides is 1. The van der Waals surface area contributed by atoms with Crippen molar-refractivity contribution in [1.29, 1.82) is 0 Å². The fourth-order valence-corrected chi connectivity index (χ4v) is 3.40. The van der Waals surface area contributed by atoms with E-state index in [1.807, 2.05) is 18.7 Å². The van der Waals surface area contributed by atoms with Crippen LogP contribution in [0.3, 0.4) is 0 Å². The van der Waals surface area contributed by atoms with Gasteiger partial charge in [0.15, 0.2) is 0 Å². The van der Waals surface area contributed by atoms with Crippen molar-refractivity contribution in [3.63, 3.8) is 0 Å². The summed E-state index contributed by atoms with van der Waals surface area (Å²) in [6, 6.07) is 0.284. The molecule has 2 rings (SSSR count). The molecule has 4 nitrogen and oxygen atoms in total. The maximum absolute atomic E-state index is 12.6. The first-order valence-electron chi connectivity index (χ1n) is 7.17. The summed E-state index contributed by atoms with van der Waals surface area (Å²) in [7, 11) is 0. The highest BCUT2D eigenvalue weighted by Crippen LogP contribution is 2.31. The number of morpholine rings is 1. The van der Waals surface area contributed by atoms with E-state index in [0.717, 1.165) is 32.4 Å². The molecular formula is C14H26N2O2. The van der Waals surface area contributed by atoms with Gasteiger partial charge in [0.2, 0.25) is 5.91 Å². The summed E-state index contributed by atoms with van der Waals surface area (Å²) in [5, 5.41) is 0. The van der Waals surface area contributed by atoms with Gasteiger partial charge < -0.3 is 15.4 Å². The van der Waals surface area contributed by atoms with E-state index < -0.39 is 0 Å². The summed E-state index contributed by atoms with van der Waals surface area (Å²) in [6.45, 7) is 7.71. The molecule has 5 atom stereocenters. The third-order valence-electron chi connectivity index (χ3n) is 4.26. The molecule has 2 fully saturated rings. The smallest absolute Gasteiger partial charge is 0.226 e. The summed E-state index contributed by atoms with van der Waals surface area (Å²) >= 11 is 0. The second-order valence-corrected chi connectivity index (χ2v) is 6.16. The molecule has 1 aliphatic heterocycles. The van der Waals surface area contributed by atoms with Gasteiger partial charge in [-0.3, -0.25) is 4.79 Å². The standard InChI is InChI=1S/C14H26N2O2/c1-9-6-12(15)4-5-13(9)14(17)16-7-10(2)18-11(3)8-16/h9-13H,4-8,15H2,1-3H3/t9?,10-,11+,12?,13?. The van der Waals surface area contributed by atoms with E-state index >= 15 is 0 Å².